The van der Waals surface area contributed by atoms with Crippen molar-refractivity contribution in [3.05, 3.63) is 0 Å². The minimum atomic E-state index is 0.178. The molecule has 21 nitrogen and oxygen atoms in total. The van der Waals surface area contributed by atoms with E-state index in [1.807, 2.05) is 0 Å². The van der Waals surface area contributed by atoms with Gasteiger partial charge in [-0.1, -0.05) is 154 Å². The van der Waals surface area contributed by atoms with Crippen LogP contribution < -0.4 is 84.8 Å². The normalized spacial score (nSPS) is 10.6. The lowest BCUT2D eigenvalue weighted by Crippen LogP contribution is -2.23. The number of rotatable bonds is 54. The summed E-state index contributed by atoms with van der Waals surface area (Å²) in [6.45, 7) is 11.5. The van der Waals surface area contributed by atoms with Crippen molar-refractivity contribution >= 4 is 35.8 Å². The molecule has 0 saturated heterocycles. The van der Waals surface area contributed by atoms with E-state index in [1.165, 1.54) is 219 Å². The van der Waals surface area contributed by atoms with E-state index < -0.39 is 0 Å². The van der Waals surface area contributed by atoms with Gasteiger partial charge in [-0.25, -0.2) is 0 Å². The molecule has 0 atom stereocenters. The van der Waals surface area contributed by atoms with E-state index in [0.717, 1.165) is 90.9 Å². The van der Waals surface area contributed by atoms with Gasteiger partial charge in [-0.05, 0) is 116 Å². The Balaban J connectivity index is -0.00000111. The van der Waals surface area contributed by atoms with Crippen LogP contribution in [0.3, 0.4) is 0 Å². The molecule has 21 heteroatoms. The van der Waals surface area contributed by atoms with Gasteiger partial charge in [-0.2, -0.15) is 0 Å². The highest BCUT2D eigenvalue weighted by atomic mass is 15.0. The molecule has 0 aliphatic carbocycles. The number of aliphatic imine (C=N–C) groups is 6. The van der Waals surface area contributed by atoms with E-state index in [4.69, 9.17) is 68.8 Å². The van der Waals surface area contributed by atoms with Crippen LogP contribution in [0.2, 0.25) is 0 Å². The summed E-state index contributed by atoms with van der Waals surface area (Å²) in [4.78, 5) is 23.8. The minimum Gasteiger partial charge on any atom is -0.370 e. The molecule has 0 aliphatic heterocycles. The topological polar surface area (TPSA) is 422 Å². The molecule has 0 saturated carbocycles. The Bertz CT molecular complexity index is 1220. The van der Waals surface area contributed by atoms with Gasteiger partial charge in [0.05, 0.1) is 0 Å². The van der Waals surface area contributed by atoms with Crippen LogP contribution in [0, 0.1) is 0 Å². The van der Waals surface area contributed by atoms with E-state index in [1.54, 1.807) is 0 Å². The van der Waals surface area contributed by atoms with Gasteiger partial charge in [0.1, 0.15) is 0 Å². The summed E-state index contributed by atoms with van der Waals surface area (Å²) in [6, 6.07) is 0. The smallest absolute Gasteiger partial charge is 0.185 e. The lowest BCUT2D eigenvalue weighted by Gasteiger charge is -2.06. The molecule has 0 aliphatic rings. The third-order valence-electron chi connectivity index (χ3n) is 12.3. The van der Waals surface area contributed by atoms with Crippen molar-refractivity contribution in [2.24, 2.45) is 98.8 Å². The summed E-state index contributed by atoms with van der Waals surface area (Å²) in [5.41, 5.74) is 63.2. The predicted octanol–water partition coefficient (Wildman–Crippen LogP) is 5.41. The number of unbranched alkanes of at least 4 members (excludes halogenated alkanes) is 30. The van der Waals surface area contributed by atoms with Crippen LogP contribution in [0.5, 0.6) is 0 Å². The maximum Gasteiger partial charge on any atom is 0.185 e. The quantitative estimate of drug-likeness (QED) is 0.0206. The molecule has 0 aromatic carbocycles. The third kappa shape index (κ3) is 83.7. The minimum absolute atomic E-state index is 0.178. The SMILES string of the molecule is NC(N)=NCCCCCCCCN=C(N)N.NC(N)=NCCCCCCCCNCCCCCCCCN=C(N)N.NC(N)=NCCCCCCCCNCCCCCCCCNCCCCCCCCN=C(N)N. The molecule has 0 heterocycles. The summed E-state index contributed by atoms with van der Waals surface area (Å²) in [6.07, 6.45) is 45.0. The Hall–Kier alpha value is -4.50. The summed E-state index contributed by atoms with van der Waals surface area (Å²) in [5, 5.41) is 10.7. The lowest BCUT2D eigenvalue weighted by molar-refractivity contribution is 0.527. The molecule has 27 N–H and O–H groups in total. The molecule has 0 rings (SSSR count). The number of nitrogens with zero attached hydrogens (tertiary/aromatic N) is 6. The van der Waals surface area contributed by atoms with Crippen molar-refractivity contribution in [2.45, 2.75) is 231 Å². The molecule has 0 fully saturated rings. The Kier molecular flexibility index (Phi) is 65.4. The van der Waals surface area contributed by atoms with Gasteiger partial charge in [-0.15, -0.1) is 0 Å². The highest BCUT2D eigenvalue weighted by Crippen LogP contribution is 2.10. The molecule has 0 amide bonds. The molecule has 0 aromatic rings. The zero-order valence-corrected chi connectivity index (χ0v) is 48.1. The fourth-order valence-electron chi connectivity index (χ4n) is 8.04. The van der Waals surface area contributed by atoms with Crippen LogP contribution in [0.25, 0.3) is 0 Å². The number of nitrogens with one attached hydrogen (secondary N) is 3. The second kappa shape index (κ2) is 65.6. The zero-order valence-electron chi connectivity index (χ0n) is 48.1. The van der Waals surface area contributed by atoms with Gasteiger partial charge in [0, 0.05) is 39.3 Å². The van der Waals surface area contributed by atoms with Crippen LogP contribution in [-0.4, -0.2) is 114 Å². The van der Waals surface area contributed by atoms with Crippen molar-refractivity contribution in [1.82, 2.24) is 16.0 Å². The molecule has 0 aromatic heterocycles. The summed E-state index contributed by atoms with van der Waals surface area (Å²) >= 11 is 0. The first-order chi connectivity index (χ1) is 36.4. The van der Waals surface area contributed by atoms with Crippen LogP contribution >= 0.6 is 0 Å². The Labute approximate surface area is 458 Å². The van der Waals surface area contributed by atoms with Gasteiger partial charge in [0.25, 0.3) is 0 Å². The predicted molar refractivity (Wildman–Crippen MR) is 329 cm³/mol. The number of hydrogen-bond donors (Lipinski definition) is 15. The van der Waals surface area contributed by atoms with Crippen molar-refractivity contribution < 1.29 is 0 Å². The molecule has 0 spiro atoms. The highest BCUT2D eigenvalue weighted by Gasteiger charge is 1.98. The van der Waals surface area contributed by atoms with Gasteiger partial charge >= 0.3 is 0 Å². The first-order valence-corrected chi connectivity index (χ1v) is 29.8. The van der Waals surface area contributed by atoms with Crippen LogP contribution in [0.4, 0.5) is 0 Å². The van der Waals surface area contributed by atoms with E-state index in [9.17, 15) is 0 Å². The van der Waals surface area contributed by atoms with Crippen molar-refractivity contribution in [1.29, 1.82) is 0 Å². The van der Waals surface area contributed by atoms with E-state index in [-0.39, 0.29) is 35.8 Å². The molecule has 444 valence electrons. The van der Waals surface area contributed by atoms with Crippen LogP contribution in [0.1, 0.15) is 231 Å². The first kappa shape index (κ1) is 74.7. The van der Waals surface area contributed by atoms with E-state index in [2.05, 4.69) is 45.9 Å². The van der Waals surface area contributed by atoms with Gasteiger partial charge in [-0.3, -0.25) is 30.0 Å². The molecule has 0 radical (unpaired) electrons. The number of guanidine groups is 6. The standard InChI is InChI=1S/C26H58N8.C18H41N7.C10H24N6/c27-25(28)33-23-17-11-5-3-9-15-21-31-19-13-7-1-2-8-14-20-32-22-16-10-4-6-12-18-24-34-26(29)30;19-17(20)24-15-11-7-3-1-5-9-13-23-14-10-6-2-4-8-12-16-25-18(21)22;11-9(12)15-7-5-3-1-2-4-6-8-16-10(13)14/h31-32H,1-24H2,(H4,27,28,33)(H4,29,30,34);23H,1-16H2,(H4,19,20,24)(H4,21,22,25);1-8H2,(H4,11,12,15)(H4,13,14,16). The fourth-order valence-corrected chi connectivity index (χ4v) is 8.04. The van der Waals surface area contributed by atoms with Crippen LogP contribution in [0.15, 0.2) is 30.0 Å². The second-order valence-electron chi connectivity index (χ2n) is 19.8. The largest absolute Gasteiger partial charge is 0.370 e. The Morgan fingerprint density at radius 2 is 0.267 bits per heavy atom. The van der Waals surface area contributed by atoms with Crippen molar-refractivity contribution in [3.8, 4) is 0 Å². The maximum atomic E-state index is 5.31. The second-order valence-corrected chi connectivity index (χ2v) is 19.8. The monoisotopic (exact) mass is 1070 g/mol. The number of nitrogens with two attached hydrogens (primary N) is 12. The summed E-state index contributed by atoms with van der Waals surface area (Å²) in [5.74, 6) is 1.18. The first-order valence-electron chi connectivity index (χ1n) is 29.8. The van der Waals surface area contributed by atoms with Crippen molar-refractivity contribution in [3.63, 3.8) is 0 Å². The summed E-state index contributed by atoms with van der Waals surface area (Å²) in [7, 11) is 0. The van der Waals surface area contributed by atoms with E-state index in [0.29, 0.717) is 0 Å². The average Bonchev–Trinajstić information content (AvgIpc) is 3.36. The van der Waals surface area contributed by atoms with Crippen molar-refractivity contribution in [2.75, 3.05) is 78.5 Å². The van der Waals surface area contributed by atoms with Gasteiger partial charge in [0.2, 0.25) is 0 Å². The van der Waals surface area contributed by atoms with E-state index >= 15 is 0 Å². The summed E-state index contributed by atoms with van der Waals surface area (Å²) < 4.78 is 0. The van der Waals surface area contributed by atoms with Gasteiger partial charge < -0.3 is 84.8 Å². The zero-order chi connectivity index (χ0) is 55.8. The van der Waals surface area contributed by atoms with Crippen LogP contribution in [-0.2, 0) is 0 Å². The molecular weight excluding hydrogens is 943 g/mol. The Morgan fingerprint density at radius 3 is 0.387 bits per heavy atom. The van der Waals surface area contributed by atoms with Gasteiger partial charge in [0.15, 0.2) is 35.8 Å². The molecule has 0 unspecified atom stereocenters. The lowest BCUT2D eigenvalue weighted by atomic mass is 10.1. The Morgan fingerprint density at radius 1 is 0.160 bits per heavy atom. The molecule has 75 heavy (non-hydrogen) atoms. The average molecular weight is 1070 g/mol. The highest BCUT2D eigenvalue weighted by molar-refractivity contribution is 5.77. The maximum absolute atomic E-state index is 5.31. The molecular formula is C54H123N21. The fraction of sp³-hybridized carbons (Fsp3) is 0.889. The third-order valence-corrected chi connectivity index (χ3v) is 12.3. The molecule has 0 bridgehead atoms. The number of hydrogen-bond acceptors (Lipinski definition) is 9.